The van der Waals surface area contributed by atoms with E-state index in [0.29, 0.717) is 22.2 Å². The SMILES string of the molecule is COc1cccc(OC)c1C(=O)NC1=NC2(CCCCO2)CCS1. The molecule has 0 aliphatic carbocycles. The second kappa shape index (κ2) is 7.44. The molecule has 0 aromatic heterocycles. The van der Waals surface area contributed by atoms with Crippen LogP contribution >= 0.6 is 11.8 Å². The topological polar surface area (TPSA) is 69.2 Å². The highest BCUT2D eigenvalue weighted by Crippen LogP contribution is 2.35. The van der Waals surface area contributed by atoms with E-state index in [-0.39, 0.29) is 5.91 Å². The third kappa shape index (κ3) is 3.52. The summed E-state index contributed by atoms with van der Waals surface area (Å²) >= 11 is 1.54. The number of rotatable bonds is 3. The highest BCUT2D eigenvalue weighted by atomic mass is 32.2. The lowest BCUT2D eigenvalue weighted by Gasteiger charge is -2.36. The first-order chi connectivity index (χ1) is 11.7. The fourth-order valence-electron chi connectivity index (χ4n) is 3.00. The molecule has 2 heterocycles. The van der Waals surface area contributed by atoms with Gasteiger partial charge in [0, 0.05) is 18.8 Å². The van der Waals surface area contributed by atoms with Crippen LogP contribution in [0.4, 0.5) is 0 Å². The lowest BCUT2D eigenvalue weighted by molar-refractivity contribution is -0.0738. The van der Waals surface area contributed by atoms with Crippen LogP contribution < -0.4 is 14.8 Å². The Kier molecular flexibility index (Phi) is 5.30. The van der Waals surface area contributed by atoms with Gasteiger partial charge in [-0.15, -0.1) is 0 Å². The van der Waals surface area contributed by atoms with E-state index in [1.165, 1.54) is 26.0 Å². The number of carbonyl (C=O) groups is 1. The van der Waals surface area contributed by atoms with Crippen molar-refractivity contribution in [2.24, 2.45) is 4.99 Å². The quantitative estimate of drug-likeness (QED) is 0.908. The number of hydrogen-bond acceptors (Lipinski definition) is 6. The number of thioether (sulfide) groups is 1. The van der Waals surface area contributed by atoms with Gasteiger partial charge in [0.05, 0.1) is 14.2 Å². The van der Waals surface area contributed by atoms with E-state index in [1.54, 1.807) is 18.2 Å². The van der Waals surface area contributed by atoms with Gasteiger partial charge in [-0.2, -0.15) is 0 Å². The van der Waals surface area contributed by atoms with E-state index >= 15 is 0 Å². The minimum absolute atomic E-state index is 0.289. The summed E-state index contributed by atoms with van der Waals surface area (Å²) in [5.41, 5.74) is -0.0910. The van der Waals surface area contributed by atoms with Crippen molar-refractivity contribution < 1.29 is 19.0 Å². The molecule has 1 amide bonds. The van der Waals surface area contributed by atoms with E-state index in [4.69, 9.17) is 19.2 Å². The number of carbonyl (C=O) groups excluding carboxylic acids is 1. The molecule has 0 saturated carbocycles. The van der Waals surface area contributed by atoms with Crippen molar-refractivity contribution in [1.82, 2.24) is 5.32 Å². The van der Waals surface area contributed by atoms with Gasteiger partial charge in [0.25, 0.3) is 5.91 Å². The molecule has 2 aliphatic rings. The van der Waals surface area contributed by atoms with Gasteiger partial charge in [-0.3, -0.25) is 4.79 Å². The van der Waals surface area contributed by atoms with E-state index < -0.39 is 5.72 Å². The number of ether oxygens (including phenoxy) is 3. The summed E-state index contributed by atoms with van der Waals surface area (Å²) in [6.07, 6.45) is 3.97. The number of hydrogen-bond donors (Lipinski definition) is 1. The molecule has 24 heavy (non-hydrogen) atoms. The summed E-state index contributed by atoms with van der Waals surface area (Å²) in [7, 11) is 3.06. The summed E-state index contributed by atoms with van der Waals surface area (Å²) in [5, 5.41) is 3.49. The highest BCUT2D eigenvalue weighted by molar-refractivity contribution is 8.13. The van der Waals surface area contributed by atoms with Crippen molar-refractivity contribution in [3.05, 3.63) is 23.8 Å². The maximum atomic E-state index is 12.7. The van der Waals surface area contributed by atoms with E-state index in [1.807, 2.05) is 0 Å². The maximum Gasteiger partial charge on any atom is 0.264 e. The average molecular weight is 350 g/mol. The summed E-state index contributed by atoms with van der Waals surface area (Å²) < 4.78 is 16.5. The van der Waals surface area contributed by atoms with Crippen LogP contribution in [0.5, 0.6) is 11.5 Å². The van der Waals surface area contributed by atoms with Crippen LogP contribution in [-0.2, 0) is 4.74 Å². The largest absolute Gasteiger partial charge is 0.496 e. The molecule has 1 spiro atoms. The average Bonchev–Trinajstić information content (AvgIpc) is 2.61. The van der Waals surface area contributed by atoms with Gasteiger partial charge in [0.15, 0.2) is 10.9 Å². The molecule has 2 aliphatic heterocycles. The Balaban J connectivity index is 1.82. The lowest BCUT2D eigenvalue weighted by Crippen LogP contribution is -2.42. The normalized spacial score (nSPS) is 23.5. The second-order valence-electron chi connectivity index (χ2n) is 5.76. The Bertz CT molecular complexity index is 619. The first-order valence-corrected chi connectivity index (χ1v) is 9.05. The Hall–Kier alpha value is -1.73. The van der Waals surface area contributed by atoms with E-state index in [2.05, 4.69) is 5.32 Å². The fourth-order valence-corrected chi connectivity index (χ4v) is 4.01. The zero-order valence-corrected chi connectivity index (χ0v) is 14.8. The van der Waals surface area contributed by atoms with E-state index in [0.717, 1.165) is 38.0 Å². The Morgan fingerprint density at radius 3 is 2.62 bits per heavy atom. The molecule has 0 bridgehead atoms. The number of amidine groups is 1. The van der Waals surface area contributed by atoms with Gasteiger partial charge in [-0.1, -0.05) is 17.8 Å². The molecule has 1 fully saturated rings. The Morgan fingerprint density at radius 1 is 1.25 bits per heavy atom. The first kappa shape index (κ1) is 17.1. The van der Waals surface area contributed by atoms with Crippen molar-refractivity contribution >= 4 is 22.8 Å². The first-order valence-electron chi connectivity index (χ1n) is 8.06. The second-order valence-corrected chi connectivity index (χ2v) is 6.84. The smallest absolute Gasteiger partial charge is 0.264 e. The maximum absolute atomic E-state index is 12.7. The number of amides is 1. The van der Waals surface area contributed by atoms with Crippen LogP contribution in [0.2, 0.25) is 0 Å². The molecule has 130 valence electrons. The van der Waals surface area contributed by atoms with Gasteiger partial charge in [-0.05, 0) is 31.4 Å². The van der Waals surface area contributed by atoms with Gasteiger partial charge in [-0.25, -0.2) is 4.99 Å². The van der Waals surface area contributed by atoms with Crippen LogP contribution in [-0.4, -0.2) is 43.4 Å². The van der Waals surface area contributed by atoms with Gasteiger partial charge < -0.3 is 19.5 Å². The monoisotopic (exact) mass is 350 g/mol. The molecule has 0 radical (unpaired) electrons. The number of aliphatic imine (C=N–C) groups is 1. The summed E-state index contributed by atoms with van der Waals surface area (Å²) in [5.74, 6) is 1.53. The number of nitrogens with one attached hydrogen (secondary N) is 1. The molecule has 3 rings (SSSR count). The van der Waals surface area contributed by atoms with Crippen LogP contribution in [0, 0.1) is 0 Å². The van der Waals surface area contributed by atoms with Crippen molar-refractivity contribution in [1.29, 1.82) is 0 Å². The molecule has 1 unspecified atom stereocenters. The third-order valence-corrected chi connectivity index (χ3v) is 5.12. The van der Waals surface area contributed by atoms with Crippen LogP contribution in [0.25, 0.3) is 0 Å². The zero-order chi connectivity index (χ0) is 17.0. The van der Waals surface area contributed by atoms with Crippen molar-refractivity contribution in [3.8, 4) is 11.5 Å². The Labute approximate surface area is 146 Å². The van der Waals surface area contributed by atoms with Crippen molar-refractivity contribution in [2.45, 2.75) is 31.4 Å². The number of nitrogens with zero attached hydrogens (tertiary/aromatic N) is 1. The van der Waals surface area contributed by atoms with Gasteiger partial charge in [0.2, 0.25) is 0 Å². The minimum atomic E-state index is -0.461. The van der Waals surface area contributed by atoms with Crippen LogP contribution in [0.3, 0.4) is 0 Å². The van der Waals surface area contributed by atoms with Crippen molar-refractivity contribution in [3.63, 3.8) is 0 Å². The fraction of sp³-hybridized carbons (Fsp3) is 0.529. The molecule has 7 heteroatoms. The van der Waals surface area contributed by atoms with Crippen molar-refractivity contribution in [2.75, 3.05) is 26.6 Å². The van der Waals surface area contributed by atoms with Crippen LogP contribution in [0.15, 0.2) is 23.2 Å². The zero-order valence-electron chi connectivity index (χ0n) is 14.0. The third-order valence-electron chi connectivity index (χ3n) is 4.24. The van der Waals surface area contributed by atoms with Crippen LogP contribution in [0.1, 0.15) is 36.0 Å². The standard InChI is InChI=1S/C17H22N2O4S/c1-21-12-6-5-7-13(22-2)14(12)15(20)18-16-19-17(9-11-24-16)8-3-4-10-23-17/h5-7H,3-4,8-11H2,1-2H3,(H,18,19,20). The molecule has 1 N–H and O–H groups in total. The molecular formula is C17H22N2O4S. The molecule has 1 aromatic carbocycles. The minimum Gasteiger partial charge on any atom is -0.496 e. The molecule has 1 saturated heterocycles. The molecular weight excluding hydrogens is 328 g/mol. The lowest BCUT2D eigenvalue weighted by atomic mass is 10.0. The molecule has 1 aromatic rings. The van der Waals surface area contributed by atoms with Gasteiger partial charge in [0.1, 0.15) is 17.1 Å². The molecule has 1 atom stereocenters. The summed E-state index contributed by atoms with van der Waals surface area (Å²) in [6.45, 7) is 0.732. The van der Waals surface area contributed by atoms with E-state index in [9.17, 15) is 4.79 Å². The highest BCUT2D eigenvalue weighted by Gasteiger charge is 2.36. The summed E-state index contributed by atoms with van der Waals surface area (Å²) in [4.78, 5) is 17.4. The predicted octanol–water partition coefficient (Wildman–Crippen LogP) is 2.82. The molecule has 6 nitrogen and oxygen atoms in total. The summed E-state index contributed by atoms with van der Waals surface area (Å²) in [6, 6.07) is 5.25. The predicted molar refractivity (Wildman–Crippen MR) is 94.1 cm³/mol. The van der Waals surface area contributed by atoms with Gasteiger partial charge >= 0.3 is 0 Å². The number of methoxy groups -OCH3 is 2. The number of benzene rings is 1. The Morgan fingerprint density at radius 2 is 2.00 bits per heavy atom.